The van der Waals surface area contributed by atoms with Crippen LogP contribution >= 0.6 is 39.0 Å². The van der Waals surface area contributed by atoms with Gasteiger partial charge in [-0.3, -0.25) is 14.7 Å². The number of carboxylic acids is 1. The number of aromatic nitrogens is 1. The average molecular weight is 630 g/mol. The highest BCUT2D eigenvalue weighted by molar-refractivity contribution is 9.10. The number of halogens is 3. The van der Waals surface area contributed by atoms with Crippen molar-refractivity contribution in [3.05, 3.63) is 61.9 Å². The number of thioether (sulfide) groups is 1. The second-order valence-corrected chi connectivity index (χ2v) is 11.7. The second kappa shape index (κ2) is 13.1. The van der Waals surface area contributed by atoms with E-state index in [-0.39, 0.29) is 36.9 Å². The van der Waals surface area contributed by atoms with Crippen molar-refractivity contribution in [3.8, 4) is 0 Å². The predicted octanol–water partition coefficient (Wildman–Crippen LogP) is 4.43. The molecule has 0 bridgehead atoms. The highest BCUT2D eigenvalue weighted by Gasteiger charge is 2.36. The summed E-state index contributed by atoms with van der Waals surface area (Å²) in [6, 6.07) is 3.38. The van der Waals surface area contributed by atoms with Gasteiger partial charge in [-0.05, 0) is 42.7 Å². The molecule has 1 saturated heterocycles. The predicted molar refractivity (Wildman–Crippen MR) is 147 cm³/mol. The molecular formula is C25H27BrF2N4O4S2. The fraction of sp³-hybridized carbons (Fsp3) is 0.440. The van der Waals surface area contributed by atoms with E-state index >= 15 is 0 Å². The molecule has 1 aromatic carbocycles. The molecule has 2 aliphatic heterocycles. The number of hydrogen-bond acceptors (Lipinski definition) is 9. The Morgan fingerprint density at radius 3 is 2.87 bits per heavy atom. The number of alkyl halides is 1. The molecule has 2 aliphatic rings. The Hall–Kier alpha value is -2.35. The normalized spacial score (nSPS) is 22.1. The van der Waals surface area contributed by atoms with Crippen LogP contribution in [-0.4, -0.2) is 76.7 Å². The summed E-state index contributed by atoms with van der Waals surface area (Å²) >= 11 is 6.06. The molecular weight excluding hydrogens is 602 g/mol. The van der Waals surface area contributed by atoms with E-state index in [9.17, 15) is 18.4 Å². The smallest absolute Gasteiger partial charge is 0.338 e. The summed E-state index contributed by atoms with van der Waals surface area (Å²) in [5, 5.41) is 14.6. The van der Waals surface area contributed by atoms with E-state index in [4.69, 9.17) is 14.8 Å². The standard InChI is InChI=1S/C25H27BrF2N4O4S2/c1-2-36-25(35)21-19(11-32-9-14(7-16(28)10-32)12-37-13-20(33)34)30-23(24-29-5-6-38-24)31-22(21)17-4-3-15(27)8-18(17)26/h3-6,8,14,16,22H,2,7,9-13H2,1H3,(H,30,31)(H,33,34)/t14?,16?,22-/m0/s1. The first-order chi connectivity index (χ1) is 18.2. The molecule has 0 saturated carbocycles. The molecule has 0 aliphatic carbocycles. The first-order valence-electron chi connectivity index (χ1n) is 12.0. The quantitative estimate of drug-likeness (QED) is 0.373. The van der Waals surface area contributed by atoms with E-state index < -0.39 is 30.0 Å². The number of ether oxygens (including phenoxy) is 1. The summed E-state index contributed by atoms with van der Waals surface area (Å²) in [5.74, 6) is -0.997. The lowest BCUT2D eigenvalue weighted by molar-refractivity contribution is -0.139. The molecule has 1 aromatic heterocycles. The van der Waals surface area contributed by atoms with E-state index in [0.717, 1.165) is 0 Å². The van der Waals surface area contributed by atoms with Crippen LogP contribution in [0, 0.1) is 11.7 Å². The molecule has 2 N–H and O–H groups in total. The topological polar surface area (TPSA) is 104 Å². The Balaban J connectivity index is 1.70. The highest BCUT2D eigenvalue weighted by atomic mass is 79.9. The number of esters is 1. The molecule has 3 heterocycles. The number of thiazole rings is 1. The molecule has 4 rings (SSSR count). The van der Waals surface area contributed by atoms with Crippen molar-refractivity contribution < 1.29 is 28.2 Å². The van der Waals surface area contributed by atoms with Crippen molar-refractivity contribution in [2.75, 3.05) is 37.7 Å². The first-order valence-corrected chi connectivity index (χ1v) is 14.8. The molecule has 3 atom stereocenters. The van der Waals surface area contributed by atoms with E-state index in [2.05, 4.69) is 26.2 Å². The van der Waals surface area contributed by atoms with Gasteiger partial charge in [-0.25, -0.2) is 18.6 Å². The molecule has 2 aromatic rings. The van der Waals surface area contributed by atoms with Gasteiger partial charge in [0, 0.05) is 41.4 Å². The van der Waals surface area contributed by atoms with Gasteiger partial charge in [-0.2, -0.15) is 0 Å². The van der Waals surface area contributed by atoms with Gasteiger partial charge in [-0.15, -0.1) is 23.1 Å². The van der Waals surface area contributed by atoms with E-state index in [1.165, 1.54) is 35.2 Å². The molecule has 13 heteroatoms. The van der Waals surface area contributed by atoms with Crippen LogP contribution in [0.2, 0.25) is 0 Å². The third-order valence-electron chi connectivity index (χ3n) is 6.04. The maximum absolute atomic E-state index is 14.8. The van der Waals surface area contributed by atoms with Crippen LogP contribution in [0.25, 0.3) is 0 Å². The molecule has 0 amide bonds. The van der Waals surface area contributed by atoms with Crippen LogP contribution in [0.4, 0.5) is 8.78 Å². The number of amidine groups is 1. The summed E-state index contributed by atoms with van der Waals surface area (Å²) in [6.07, 6.45) is 0.926. The van der Waals surface area contributed by atoms with Crippen molar-refractivity contribution in [2.45, 2.75) is 25.6 Å². The van der Waals surface area contributed by atoms with E-state index in [1.54, 1.807) is 19.2 Å². The third-order valence-corrected chi connectivity index (χ3v) is 8.66. The zero-order valence-electron chi connectivity index (χ0n) is 20.5. The average Bonchev–Trinajstić information content (AvgIpc) is 3.38. The molecule has 204 valence electrons. The minimum atomic E-state index is -1.08. The summed E-state index contributed by atoms with van der Waals surface area (Å²) in [7, 11) is 0. The van der Waals surface area contributed by atoms with Gasteiger partial charge in [0.05, 0.1) is 17.9 Å². The van der Waals surface area contributed by atoms with Crippen molar-refractivity contribution >= 4 is 56.8 Å². The number of carboxylic acid groups (broad SMARTS) is 1. The van der Waals surface area contributed by atoms with Gasteiger partial charge in [0.1, 0.15) is 18.0 Å². The molecule has 8 nitrogen and oxygen atoms in total. The van der Waals surface area contributed by atoms with Crippen molar-refractivity contribution in [2.24, 2.45) is 10.9 Å². The molecule has 0 radical (unpaired) electrons. The van der Waals surface area contributed by atoms with Gasteiger partial charge in [0.15, 0.2) is 10.8 Å². The number of aliphatic carboxylic acids is 1. The number of hydrogen-bond donors (Lipinski definition) is 2. The van der Waals surface area contributed by atoms with Gasteiger partial charge in [0.2, 0.25) is 0 Å². The maximum atomic E-state index is 14.8. The van der Waals surface area contributed by atoms with E-state index in [1.807, 2.05) is 10.3 Å². The lowest BCUT2D eigenvalue weighted by atomic mass is 9.94. The Bertz CT molecular complexity index is 1230. The number of carbonyl (C=O) groups excluding carboxylic acids is 1. The number of aliphatic imine (C=N–C) groups is 1. The molecule has 38 heavy (non-hydrogen) atoms. The molecule has 2 unspecified atom stereocenters. The maximum Gasteiger partial charge on any atom is 0.338 e. The monoisotopic (exact) mass is 628 g/mol. The van der Waals surface area contributed by atoms with Crippen LogP contribution < -0.4 is 5.32 Å². The van der Waals surface area contributed by atoms with E-state index in [0.29, 0.717) is 45.3 Å². The minimum Gasteiger partial charge on any atom is -0.481 e. The van der Waals surface area contributed by atoms with Crippen molar-refractivity contribution in [1.82, 2.24) is 15.2 Å². The largest absolute Gasteiger partial charge is 0.481 e. The zero-order chi connectivity index (χ0) is 27.2. The van der Waals surface area contributed by atoms with Crippen LogP contribution in [0.15, 0.2) is 50.5 Å². The minimum absolute atomic E-state index is 0.0327. The Morgan fingerprint density at radius 1 is 1.37 bits per heavy atom. The molecule has 0 spiro atoms. The number of piperidine rings is 1. The first kappa shape index (κ1) is 28.7. The fourth-order valence-electron chi connectivity index (χ4n) is 4.58. The van der Waals surface area contributed by atoms with Crippen molar-refractivity contribution in [1.29, 1.82) is 0 Å². The van der Waals surface area contributed by atoms with Gasteiger partial charge in [-0.1, -0.05) is 22.0 Å². The Labute approximate surface area is 235 Å². The summed E-state index contributed by atoms with van der Waals surface area (Å²) in [4.78, 5) is 35.3. The number of carbonyl (C=O) groups is 2. The highest BCUT2D eigenvalue weighted by Crippen LogP contribution is 2.37. The van der Waals surface area contributed by atoms with Crippen LogP contribution in [-0.2, 0) is 14.3 Å². The number of benzene rings is 1. The number of likely N-dealkylation sites (tertiary alicyclic amines) is 1. The fourth-order valence-corrected chi connectivity index (χ4v) is 6.61. The van der Waals surface area contributed by atoms with Crippen LogP contribution in [0.5, 0.6) is 0 Å². The van der Waals surface area contributed by atoms with Gasteiger partial charge < -0.3 is 15.2 Å². The SMILES string of the molecule is CCOC(=O)C1=C(CN2CC(F)CC(CSCC(=O)O)C2)NC(c2nccs2)=N[C@H]1c1ccc(F)cc1Br. The van der Waals surface area contributed by atoms with Gasteiger partial charge in [0.25, 0.3) is 0 Å². The lowest BCUT2D eigenvalue weighted by Crippen LogP contribution is -2.46. The Morgan fingerprint density at radius 2 is 2.18 bits per heavy atom. The third kappa shape index (κ3) is 7.19. The van der Waals surface area contributed by atoms with Gasteiger partial charge >= 0.3 is 11.9 Å². The van der Waals surface area contributed by atoms with Crippen molar-refractivity contribution in [3.63, 3.8) is 0 Å². The molecule has 1 fully saturated rings. The summed E-state index contributed by atoms with van der Waals surface area (Å²) < 4.78 is 34.5. The lowest BCUT2D eigenvalue weighted by Gasteiger charge is -2.36. The number of nitrogens with one attached hydrogen (secondary N) is 1. The Kier molecular flexibility index (Phi) is 9.91. The summed E-state index contributed by atoms with van der Waals surface area (Å²) in [5.41, 5.74) is 1.35. The van der Waals surface area contributed by atoms with Crippen LogP contribution in [0.3, 0.4) is 0 Å². The number of nitrogens with zero attached hydrogens (tertiary/aromatic N) is 3. The zero-order valence-corrected chi connectivity index (χ0v) is 23.8. The summed E-state index contributed by atoms with van der Waals surface area (Å²) in [6.45, 7) is 2.79. The second-order valence-electron chi connectivity index (χ2n) is 8.92. The van der Waals surface area contributed by atoms with Crippen LogP contribution in [0.1, 0.15) is 30.0 Å². The number of rotatable bonds is 10.